The van der Waals surface area contributed by atoms with Crippen LogP contribution in [0.3, 0.4) is 0 Å². The van der Waals surface area contributed by atoms with Crippen molar-refractivity contribution in [2.75, 3.05) is 5.73 Å². The Morgan fingerprint density at radius 3 is 2.70 bits per heavy atom. The number of aromatic nitrogens is 2. The molecular formula is C17H21N3. The fourth-order valence-corrected chi connectivity index (χ4v) is 5.37. The number of benzene rings is 1. The molecule has 0 aliphatic heterocycles. The Bertz CT molecular complexity index is 686. The van der Waals surface area contributed by atoms with Crippen LogP contribution in [0.25, 0.3) is 11.0 Å². The van der Waals surface area contributed by atoms with E-state index in [0.717, 1.165) is 47.3 Å². The highest BCUT2D eigenvalue weighted by Gasteiger charge is 2.66. The number of imidazole rings is 1. The molecule has 104 valence electrons. The van der Waals surface area contributed by atoms with Gasteiger partial charge < -0.3 is 10.3 Å². The Kier molecular flexibility index (Phi) is 2.00. The first kappa shape index (κ1) is 11.2. The van der Waals surface area contributed by atoms with Crippen molar-refractivity contribution < 1.29 is 0 Å². The number of hydrogen-bond acceptors (Lipinski definition) is 2. The zero-order valence-corrected chi connectivity index (χ0v) is 11.9. The fraction of sp³-hybridized carbons (Fsp3) is 0.588. The lowest BCUT2D eigenvalue weighted by atomic mass is 10.0. The highest BCUT2D eigenvalue weighted by atomic mass is 15.2. The van der Waals surface area contributed by atoms with Gasteiger partial charge in [-0.1, -0.05) is 6.92 Å². The molecule has 3 aliphatic rings. The maximum Gasteiger partial charge on any atom is 0.109 e. The summed E-state index contributed by atoms with van der Waals surface area (Å²) in [5.41, 5.74) is 9.12. The molecule has 0 spiro atoms. The summed E-state index contributed by atoms with van der Waals surface area (Å²) in [5, 5.41) is 0. The Morgan fingerprint density at radius 1 is 1.25 bits per heavy atom. The van der Waals surface area contributed by atoms with E-state index in [0.29, 0.717) is 0 Å². The number of nitrogen functional groups attached to an aromatic ring is 1. The van der Waals surface area contributed by atoms with Crippen molar-refractivity contribution in [3.05, 3.63) is 24.0 Å². The second-order valence-electron chi connectivity index (χ2n) is 6.98. The minimum Gasteiger partial charge on any atom is -0.399 e. The molecule has 0 amide bonds. The lowest BCUT2D eigenvalue weighted by molar-refractivity contribution is 0.452. The van der Waals surface area contributed by atoms with E-state index in [-0.39, 0.29) is 0 Å². The Balaban J connectivity index is 1.65. The second-order valence-corrected chi connectivity index (χ2v) is 6.98. The molecule has 0 radical (unpaired) electrons. The zero-order chi connectivity index (χ0) is 13.4. The summed E-state index contributed by atoms with van der Waals surface area (Å²) in [5.74, 6) is 5.17. The molecule has 3 saturated carbocycles. The molecule has 1 aromatic heterocycles. The highest BCUT2D eigenvalue weighted by molar-refractivity contribution is 5.80. The molecule has 0 saturated heterocycles. The summed E-state index contributed by atoms with van der Waals surface area (Å²) in [4.78, 5) is 4.83. The minimum atomic E-state index is 0.741. The summed E-state index contributed by atoms with van der Waals surface area (Å²) in [6.07, 6.45) is 5.47. The van der Waals surface area contributed by atoms with Crippen LogP contribution < -0.4 is 5.73 Å². The van der Waals surface area contributed by atoms with Crippen molar-refractivity contribution in [2.45, 2.75) is 38.6 Å². The van der Waals surface area contributed by atoms with Gasteiger partial charge in [0, 0.05) is 18.2 Å². The molecule has 20 heavy (non-hydrogen) atoms. The van der Waals surface area contributed by atoms with Gasteiger partial charge in [-0.3, -0.25) is 0 Å². The zero-order valence-electron chi connectivity index (χ0n) is 11.9. The summed E-state index contributed by atoms with van der Waals surface area (Å²) < 4.78 is 2.56. The van der Waals surface area contributed by atoms with E-state index in [1.807, 2.05) is 12.1 Å². The van der Waals surface area contributed by atoms with E-state index in [9.17, 15) is 0 Å². The summed E-state index contributed by atoms with van der Waals surface area (Å²) in [6, 6.07) is 6.96. The number of anilines is 1. The topological polar surface area (TPSA) is 43.8 Å². The molecule has 2 bridgehead atoms. The van der Waals surface area contributed by atoms with Gasteiger partial charge in [0.25, 0.3) is 0 Å². The first-order valence-electron chi connectivity index (χ1n) is 8.04. The lowest BCUT2D eigenvalue weighted by Gasteiger charge is -2.13. The fourth-order valence-electron chi connectivity index (χ4n) is 5.37. The van der Waals surface area contributed by atoms with Gasteiger partial charge in [0.05, 0.1) is 11.0 Å². The largest absolute Gasteiger partial charge is 0.399 e. The summed E-state index contributed by atoms with van der Waals surface area (Å²) in [7, 11) is 0. The van der Waals surface area contributed by atoms with Crippen LogP contribution in [-0.2, 0) is 6.42 Å². The van der Waals surface area contributed by atoms with E-state index < -0.39 is 0 Å². The van der Waals surface area contributed by atoms with Gasteiger partial charge >= 0.3 is 0 Å². The third kappa shape index (κ3) is 1.24. The molecule has 4 unspecified atom stereocenters. The summed E-state index contributed by atoms with van der Waals surface area (Å²) >= 11 is 0. The van der Waals surface area contributed by atoms with Crippen molar-refractivity contribution in [1.29, 1.82) is 0 Å². The predicted molar refractivity (Wildman–Crippen MR) is 80.4 cm³/mol. The first-order valence-corrected chi connectivity index (χ1v) is 8.04. The van der Waals surface area contributed by atoms with Gasteiger partial charge in [0.1, 0.15) is 5.82 Å². The maximum absolute atomic E-state index is 5.91. The highest BCUT2D eigenvalue weighted by Crippen LogP contribution is 2.71. The smallest absolute Gasteiger partial charge is 0.109 e. The molecule has 2 N–H and O–H groups in total. The van der Waals surface area contributed by atoms with E-state index >= 15 is 0 Å². The number of rotatable bonds is 2. The molecule has 5 rings (SSSR count). The molecule has 3 nitrogen and oxygen atoms in total. The van der Waals surface area contributed by atoms with Crippen LogP contribution in [0.4, 0.5) is 5.69 Å². The molecule has 3 heteroatoms. The van der Waals surface area contributed by atoms with Crippen LogP contribution in [0.5, 0.6) is 0 Å². The number of hydrogen-bond donors (Lipinski definition) is 1. The first-order chi connectivity index (χ1) is 9.78. The second kappa shape index (κ2) is 3.57. The van der Waals surface area contributed by atoms with Crippen LogP contribution in [-0.4, -0.2) is 9.55 Å². The molecule has 3 fully saturated rings. The number of nitrogens with zero attached hydrogens (tertiary/aromatic N) is 2. The Labute approximate surface area is 119 Å². The van der Waals surface area contributed by atoms with Gasteiger partial charge in [-0.05, 0) is 61.1 Å². The summed E-state index contributed by atoms with van der Waals surface area (Å²) in [6.45, 7) is 2.22. The van der Waals surface area contributed by atoms with Crippen LogP contribution in [0.2, 0.25) is 0 Å². The van der Waals surface area contributed by atoms with E-state index in [2.05, 4.69) is 17.6 Å². The molecule has 3 aliphatic carbocycles. The lowest BCUT2D eigenvalue weighted by Crippen LogP contribution is -2.08. The van der Waals surface area contributed by atoms with E-state index in [1.165, 1.54) is 30.6 Å². The van der Waals surface area contributed by atoms with E-state index in [4.69, 9.17) is 10.7 Å². The van der Waals surface area contributed by atoms with Crippen LogP contribution in [0.15, 0.2) is 18.2 Å². The van der Waals surface area contributed by atoms with Crippen LogP contribution in [0.1, 0.15) is 38.1 Å². The SMILES string of the molecule is CCc1nc2cc(N)ccc2n1C1C2C3CCC(C3)C21. The minimum absolute atomic E-state index is 0.741. The van der Waals surface area contributed by atoms with Crippen molar-refractivity contribution in [3.8, 4) is 0 Å². The number of aryl methyl sites for hydroxylation is 1. The molecule has 1 heterocycles. The van der Waals surface area contributed by atoms with Crippen molar-refractivity contribution in [3.63, 3.8) is 0 Å². The van der Waals surface area contributed by atoms with Gasteiger partial charge in [-0.2, -0.15) is 0 Å². The normalized spacial score (nSPS) is 37.5. The van der Waals surface area contributed by atoms with Crippen molar-refractivity contribution in [2.24, 2.45) is 23.7 Å². The molecule has 4 atom stereocenters. The van der Waals surface area contributed by atoms with Crippen LogP contribution >= 0.6 is 0 Å². The van der Waals surface area contributed by atoms with Gasteiger partial charge in [0.2, 0.25) is 0 Å². The van der Waals surface area contributed by atoms with Crippen LogP contribution in [0, 0.1) is 23.7 Å². The third-order valence-electron chi connectivity index (χ3n) is 6.10. The molecule has 1 aromatic carbocycles. The monoisotopic (exact) mass is 267 g/mol. The molecular weight excluding hydrogens is 246 g/mol. The number of fused-ring (bicyclic) bond motifs is 6. The average molecular weight is 267 g/mol. The van der Waals surface area contributed by atoms with Gasteiger partial charge in [0.15, 0.2) is 0 Å². The number of nitrogens with two attached hydrogens (primary N) is 1. The molecule has 2 aromatic rings. The predicted octanol–water partition coefficient (Wildman–Crippen LogP) is 3.40. The third-order valence-corrected chi connectivity index (χ3v) is 6.10. The maximum atomic E-state index is 5.91. The van der Waals surface area contributed by atoms with Crippen molar-refractivity contribution >= 4 is 16.7 Å². The Hall–Kier alpha value is -1.51. The van der Waals surface area contributed by atoms with Crippen molar-refractivity contribution in [1.82, 2.24) is 9.55 Å². The quantitative estimate of drug-likeness (QED) is 0.847. The van der Waals surface area contributed by atoms with Gasteiger partial charge in [-0.25, -0.2) is 4.98 Å². The average Bonchev–Trinajstić information content (AvgIpc) is 2.80. The van der Waals surface area contributed by atoms with Gasteiger partial charge in [-0.15, -0.1) is 0 Å². The van der Waals surface area contributed by atoms with E-state index in [1.54, 1.807) is 0 Å². The standard InChI is InChI=1S/C17H21N3/c1-2-14-19-12-8-11(18)5-6-13(12)20(14)17-15-9-3-4-10(7-9)16(15)17/h5-6,8-10,15-17H,2-4,7,18H2,1H3. The Morgan fingerprint density at radius 2 is 2.00 bits per heavy atom.